The van der Waals surface area contributed by atoms with E-state index in [2.05, 4.69) is 10.4 Å². The van der Waals surface area contributed by atoms with Gasteiger partial charge < -0.3 is 15.5 Å². The molecule has 3 aromatic carbocycles. The molecule has 2 heterocycles. The predicted molar refractivity (Wildman–Crippen MR) is 123 cm³/mol. The fourth-order valence-corrected chi connectivity index (χ4v) is 3.72. The Labute approximate surface area is 183 Å². The third-order valence-corrected chi connectivity index (χ3v) is 5.23. The number of aromatic nitrogens is 3. The highest BCUT2D eigenvalue weighted by Crippen LogP contribution is 2.34. The number of carbonyl (C=O) groups is 1. The predicted octanol–water partition coefficient (Wildman–Crippen LogP) is 4.98. The smallest absolute Gasteiger partial charge is 0.267 e. The third-order valence-electron chi connectivity index (χ3n) is 5.23. The van der Waals surface area contributed by atoms with Crippen LogP contribution in [0.25, 0.3) is 16.5 Å². The zero-order valence-electron chi connectivity index (χ0n) is 17.2. The lowest BCUT2D eigenvalue weighted by Crippen LogP contribution is -2.12. The molecule has 7 heteroatoms. The Morgan fingerprint density at radius 1 is 0.938 bits per heavy atom. The number of aromatic hydroxyl groups is 2. The van der Waals surface area contributed by atoms with E-state index in [1.54, 1.807) is 29.5 Å². The molecule has 3 N–H and O–H groups in total. The monoisotopic (exact) mass is 424 g/mol. The van der Waals surface area contributed by atoms with E-state index < -0.39 is 5.91 Å². The SMILES string of the molecule is Cc1cccc(-n2cc(Nc3cc(O)cc(O)c3C(=O)n3cc4ccccc4c3)cn2)c1. The molecule has 0 atom stereocenters. The molecule has 0 saturated carbocycles. The Morgan fingerprint density at radius 3 is 2.41 bits per heavy atom. The van der Waals surface area contributed by atoms with Gasteiger partial charge in [-0.15, -0.1) is 0 Å². The summed E-state index contributed by atoms with van der Waals surface area (Å²) in [5.74, 6) is -0.904. The van der Waals surface area contributed by atoms with Gasteiger partial charge in [0.25, 0.3) is 5.91 Å². The van der Waals surface area contributed by atoms with Crippen molar-refractivity contribution in [2.45, 2.75) is 6.92 Å². The maximum Gasteiger partial charge on any atom is 0.267 e. The van der Waals surface area contributed by atoms with Gasteiger partial charge in [0.15, 0.2) is 0 Å². The minimum Gasteiger partial charge on any atom is -0.508 e. The number of nitrogens with zero attached hydrogens (tertiary/aromatic N) is 3. The van der Waals surface area contributed by atoms with Gasteiger partial charge in [-0.25, -0.2) is 4.68 Å². The van der Waals surface area contributed by atoms with Crippen molar-refractivity contribution < 1.29 is 15.0 Å². The van der Waals surface area contributed by atoms with Crippen LogP contribution in [0.1, 0.15) is 15.9 Å². The van der Waals surface area contributed by atoms with E-state index in [0.29, 0.717) is 5.69 Å². The average molecular weight is 424 g/mol. The Bertz CT molecular complexity index is 1430. The number of fused-ring (bicyclic) bond motifs is 1. The molecule has 0 radical (unpaired) electrons. The van der Waals surface area contributed by atoms with Crippen LogP contribution in [0.3, 0.4) is 0 Å². The van der Waals surface area contributed by atoms with Gasteiger partial charge in [0, 0.05) is 24.5 Å². The molecule has 0 fully saturated rings. The number of phenols is 2. The van der Waals surface area contributed by atoms with Gasteiger partial charge in [0.2, 0.25) is 0 Å². The minimum absolute atomic E-state index is 0.0476. The Balaban J connectivity index is 1.52. The molecule has 0 spiro atoms. The number of benzene rings is 3. The van der Waals surface area contributed by atoms with Crippen molar-refractivity contribution in [1.29, 1.82) is 0 Å². The van der Waals surface area contributed by atoms with Gasteiger partial charge in [0.05, 0.1) is 29.5 Å². The summed E-state index contributed by atoms with van der Waals surface area (Å²) < 4.78 is 3.14. The van der Waals surface area contributed by atoms with Crippen LogP contribution < -0.4 is 5.32 Å². The zero-order valence-corrected chi connectivity index (χ0v) is 17.2. The van der Waals surface area contributed by atoms with E-state index in [-0.39, 0.29) is 22.7 Å². The molecular weight excluding hydrogens is 404 g/mol. The molecule has 0 unspecified atom stereocenters. The van der Waals surface area contributed by atoms with Gasteiger partial charge in [0.1, 0.15) is 17.1 Å². The summed E-state index contributed by atoms with van der Waals surface area (Å²) in [6.07, 6.45) is 6.81. The van der Waals surface area contributed by atoms with Crippen molar-refractivity contribution >= 4 is 28.1 Å². The third kappa shape index (κ3) is 3.56. The molecule has 0 aliphatic heterocycles. The van der Waals surface area contributed by atoms with Crippen LogP contribution in [0.5, 0.6) is 11.5 Å². The highest BCUT2D eigenvalue weighted by atomic mass is 16.3. The van der Waals surface area contributed by atoms with E-state index in [9.17, 15) is 15.0 Å². The lowest BCUT2D eigenvalue weighted by atomic mass is 10.1. The van der Waals surface area contributed by atoms with Crippen molar-refractivity contribution in [1.82, 2.24) is 14.3 Å². The fourth-order valence-electron chi connectivity index (χ4n) is 3.72. The van der Waals surface area contributed by atoms with Crippen LogP contribution in [0, 0.1) is 6.92 Å². The second-order valence-corrected chi connectivity index (χ2v) is 7.62. The van der Waals surface area contributed by atoms with Crippen LogP contribution in [0.15, 0.2) is 85.5 Å². The maximum absolute atomic E-state index is 13.3. The molecule has 7 nitrogen and oxygen atoms in total. The summed E-state index contributed by atoms with van der Waals surface area (Å²) in [5, 5.41) is 29.8. The van der Waals surface area contributed by atoms with Gasteiger partial charge in [-0.05, 0) is 35.4 Å². The largest absolute Gasteiger partial charge is 0.508 e. The van der Waals surface area contributed by atoms with E-state index in [1.807, 2.05) is 55.5 Å². The van der Waals surface area contributed by atoms with Gasteiger partial charge >= 0.3 is 0 Å². The van der Waals surface area contributed by atoms with Crippen LogP contribution >= 0.6 is 0 Å². The molecule has 32 heavy (non-hydrogen) atoms. The zero-order chi connectivity index (χ0) is 22.2. The molecule has 158 valence electrons. The Kier molecular flexibility index (Phi) is 4.63. The van der Waals surface area contributed by atoms with Gasteiger partial charge in [-0.1, -0.05) is 36.4 Å². The summed E-state index contributed by atoms with van der Waals surface area (Å²) in [4.78, 5) is 13.3. The van der Waals surface area contributed by atoms with E-state index in [0.717, 1.165) is 28.1 Å². The second-order valence-electron chi connectivity index (χ2n) is 7.62. The molecule has 0 saturated heterocycles. The van der Waals surface area contributed by atoms with Crippen molar-refractivity contribution in [3.8, 4) is 17.2 Å². The van der Waals surface area contributed by atoms with Crippen LogP contribution in [0.2, 0.25) is 0 Å². The van der Waals surface area contributed by atoms with Crippen molar-refractivity contribution in [3.63, 3.8) is 0 Å². The number of hydrogen-bond acceptors (Lipinski definition) is 5. The first-order valence-corrected chi connectivity index (χ1v) is 10.0. The Morgan fingerprint density at radius 2 is 1.69 bits per heavy atom. The van der Waals surface area contributed by atoms with Crippen LogP contribution in [-0.2, 0) is 0 Å². The lowest BCUT2D eigenvalue weighted by Gasteiger charge is -2.13. The number of anilines is 2. The normalized spacial score (nSPS) is 11.0. The molecule has 5 rings (SSSR count). The summed E-state index contributed by atoms with van der Waals surface area (Å²) in [6, 6.07) is 18.1. The van der Waals surface area contributed by atoms with E-state index in [1.165, 1.54) is 10.6 Å². The number of carbonyl (C=O) groups excluding carboxylic acids is 1. The molecule has 0 aliphatic carbocycles. The molecule has 0 aliphatic rings. The minimum atomic E-state index is -0.424. The van der Waals surface area contributed by atoms with Crippen LogP contribution in [-0.4, -0.2) is 30.5 Å². The topological polar surface area (TPSA) is 92.3 Å². The molecule has 0 amide bonds. The van der Waals surface area contributed by atoms with E-state index >= 15 is 0 Å². The van der Waals surface area contributed by atoms with Crippen molar-refractivity contribution in [2.75, 3.05) is 5.32 Å². The first-order chi connectivity index (χ1) is 15.5. The summed E-state index contributed by atoms with van der Waals surface area (Å²) in [7, 11) is 0. The number of hydrogen-bond donors (Lipinski definition) is 3. The summed E-state index contributed by atoms with van der Waals surface area (Å²) in [5.41, 5.74) is 2.92. The van der Waals surface area contributed by atoms with Crippen molar-refractivity contribution in [2.24, 2.45) is 0 Å². The van der Waals surface area contributed by atoms with E-state index in [4.69, 9.17) is 0 Å². The summed E-state index contributed by atoms with van der Waals surface area (Å²) >= 11 is 0. The van der Waals surface area contributed by atoms with Crippen LogP contribution in [0.4, 0.5) is 11.4 Å². The first-order valence-electron chi connectivity index (χ1n) is 10.0. The molecule has 0 bridgehead atoms. The standard InChI is InChI=1S/C25H20N4O3/c1-16-5-4-8-20(9-16)29-15-19(12-26-29)27-22-10-21(30)11-23(31)24(22)25(32)28-13-17-6-2-3-7-18(17)14-28/h2-15,27,30-31H,1H3. The fraction of sp³-hybridized carbons (Fsp3) is 0.0400. The number of phenolic OH excluding ortho intramolecular Hbond substituents is 2. The molecular formula is C25H20N4O3. The highest BCUT2D eigenvalue weighted by molar-refractivity contribution is 6.06. The summed E-state index contributed by atoms with van der Waals surface area (Å²) in [6.45, 7) is 2.00. The quantitative estimate of drug-likeness (QED) is 0.378. The first kappa shape index (κ1) is 19.4. The second kappa shape index (κ2) is 7.63. The lowest BCUT2D eigenvalue weighted by molar-refractivity contribution is 0.0959. The molecule has 2 aromatic heterocycles. The number of rotatable bonds is 4. The molecule has 5 aromatic rings. The van der Waals surface area contributed by atoms with Gasteiger partial charge in [-0.2, -0.15) is 5.10 Å². The average Bonchev–Trinajstić information content (AvgIpc) is 3.40. The van der Waals surface area contributed by atoms with Crippen molar-refractivity contribution in [3.05, 3.63) is 96.6 Å². The van der Waals surface area contributed by atoms with Gasteiger partial charge in [-0.3, -0.25) is 9.36 Å². The Hall–Kier alpha value is -4.52. The maximum atomic E-state index is 13.3. The number of aryl methyl sites for hydroxylation is 1. The number of nitrogens with one attached hydrogen (secondary N) is 1. The highest BCUT2D eigenvalue weighted by Gasteiger charge is 2.21.